The number of rotatable bonds is 6. The van der Waals surface area contributed by atoms with Gasteiger partial charge in [-0.15, -0.1) is 0 Å². The molecule has 0 saturated heterocycles. The van der Waals surface area contributed by atoms with Crippen molar-refractivity contribution in [2.75, 3.05) is 5.32 Å². The number of hydrogen-bond donors (Lipinski definition) is 2. The maximum Gasteiger partial charge on any atom is 0.242 e. The Balaban J connectivity index is 2.58. The zero-order valence-corrected chi connectivity index (χ0v) is 12.7. The van der Waals surface area contributed by atoms with E-state index in [4.69, 9.17) is 0 Å². The lowest BCUT2D eigenvalue weighted by Gasteiger charge is -2.19. The molecule has 19 heavy (non-hydrogen) atoms. The van der Waals surface area contributed by atoms with E-state index in [2.05, 4.69) is 49.6 Å². The van der Waals surface area contributed by atoms with E-state index >= 15 is 0 Å². The van der Waals surface area contributed by atoms with E-state index in [-0.39, 0.29) is 18.0 Å². The molecule has 3 heteroatoms. The Labute approximate surface area is 116 Å². The van der Waals surface area contributed by atoms with E-state index in [0.29, 0.717) is 0 Å². The van der Waals surface area contributed by atoms with Gasteiger partial charge in [-0.25, -0.2) is 0 Å². The van der Waals surface area contributed by atoms with E-state index in [1.54, 1.807) is 0 Å². The Bertz CT molecular complexity index is 409. The Morgan fingerprint density at radius 1 is 1.16 bits per heavy atom. The molecule has 1 amide bonds. The average molecular weight is 262 g/mol. The van der Waals surface area contributed by atoms with Gasteiger partial charge in [-0.2, -0.15) is 0 Å². The summed E-state index contributed by atoms with van der Waals surface area (Å²) in [6, 6.07) is 6.26. The molecule has 0 bridgehead atoms. The predicted octanol–water partition coefficient (Wildman–Crippen LogP) is 3.41. The van der Waals surface area contributed by atoms with Crippen LogP contribution in [0.2, 0.25) is 0 Å². The second kappa shape index (κ2) is 7.17. The quantitative estimate of drug-likeness (QED) is 0.825. The summed E-state index contributed by atoms with van der Waals surface area (Å²) in [4.78, 5) is 12.0. The molecule has 1 rings (SSSR count). The Hall–Kier alpha value is -1.51. The van der Waals surface area contributed by atoms with Crippen LogP contribution in [0.15, 0.2) is 18.2 Å². The smallest absolute Gasteiger partial charge is 0.242 e. The third kappa shape index (κ3) is 5.33. The minimum atomic E-state index is -0.222. The first-order valence-corrected chi connectivity index (χ1v) is 7.07. The first kappa shape index (κ1) is 15.5. The summed E-state index contributed by atoms with van der Waals surface area (Å²) >= 11 is 0. The van der Waals surface area contributed by atoms with Crippen molar-refractivity contribution < 1.29 is 4.79 Å². The van der Waals surface area contributed by atoms with Crippen molar-refractivity contribution in [3.63, 3.8) is 0 Å². The Morgan fingerprint density at radius 3 is 2.26 bits per heavy atom. The lowest BCUT2D eigenvalue weighted by atomic mass is 10.1. The van der Waals surface area contributed by atoms with Crippen LogP contribution in [-0.2, 0) is 4.79 Å². The van der Waals surface area contributed by atoms with E-state index < -0.39 is 0 Å². The van der Waals surface area contributed by atoms with Gasteiger partial charge in [0.05, 0.1) is 0 Å². The molecule has 0 fully saturated rings. The number of benzene rings is 1. The molecular formula is C16H26N2O. The first-order valence-electron chi connectivity index (χ1n) is 7.07. The molecule has 2 N–H and O–H groups in total. The molecule has 2 unspecified atom stereocenters. The standard InChI is InChI=1S/C16H26N2O/c1-6-7-13(4)17-16(19)14(5)18-15-9-11(2)8-12(3)10-15/h8-10,13-14,18H,6-7H2,1-5H3,(H,17,19). The summed E-state index contributed by atoms with van der Waals surface area (Å²) in [5, 5.41) is 6.29. The summed E-state index contributed by atoms with van der Waals surface area (Å²) < 4.78 is 0. The van der Waals surface area contributed by atoms with Gasteiger partial charge < -0.3 is 10.6 Å². The van der Waals surface area contributed by atoms with Crippen molar-refractivity contribution in [2.45, 2.75) is 59.5 Å². The molecule has 1 aromatic carbocycles. The van der Waals surface area contributed by atoms with E-state index in [0.717, 1.165) is 18.5 Å². The summed E-state index contributed by atoms with van der Waals surface area (Å²) in [6.07, 6.45) is 2.10. The number of carbonyl (C=O) groups is 1. The highest BCUT2D eigenvalue weighted by Crippen LogP contribution is 2.14. The number of anilines is 1. The minimum absolute atomic E-state index is 0.0557. The van der Waals surface area contributed by atoms with Crippen LogP contribution in [0.25, 0.3) is 0 Å². The lowest BCUT2D eigenvalue weighted by Crippen LogP contribution is -2.42. The highest BCUT2D eigenvalue weighted by Gasteiger charge is 2.14. The van der Waals surface area contributed by atoms with Crippen LogP contribution in [0.4, 0.5) is 5.69 Å². The fourth-order valence-electron chi connectivity index (χ4n) is 2.25. The fourth-order valence-corrected chi connectivity index (χ4v) is 2.25. The summed E-state index contributed by atoms with van der Waals surface area (Å²) in [6.45, 7) is 10.2. The maximum atomic E-state index is 12.0. The van der Waals surface area contributed by atoms with E-state index in [9.17, 15) is 4.79 Å². The van der Waals surface area contributed by atoms with Gasteiger partial charge in [0.2, 0.25) is 5.91 Å². The van der Waals surface area contributed by atoms with Crippen LogP contribution in [0, 0.1) is 13.8 Å². The van der Waals surface area contributed by atoms with Gasteiger partial charge in [0, 0.05) is 11.7 Å². The monoisotopic (exact) mass is 262 g/mol. The Kier molecular flexibility index (Phi) is 5.87. The van der Waals surface area contributed by atoms with Crippen LogP contribution in [-0.4, -0.2) is 18.0 Å². The third-order valence-electron chi connectivity index (χ3n) is 3.11. The van der Waals surface area contributed by atoms with Crippen LogP contribution in [0.5, 0.6) is 0 Å². The van der Waals surface area contributed by atoms with Gasteiger partial charge in [0.25, 0.3) is 0 Å². The zero-order chi connectivity index (χ0) is 14.4. The van der Waals surface area contributed by atoms with Crippen LogP contribution >= 0.6 is 0 Å². The lowest BCUT2D eigenvalue weighted by molar-refractivity contribution is -0.122. The second-order valence-corrected chi connectivity index (χ2v) is 5.44. The topological polar surface area (TPSA) is 41.1 Å². The fraction of sp³-hybridized carbons (Fsp3) is 0.562. The summed E-state index contributed by atoms with van der Waals surface area (Å²) in [5.41, 5.74) is 3.41. The van der Waals surface area contributed by atoms with Crippen molar-refractivity contribution in [2.24, 2.45) is 0 Å². The van der Waals surface area contributed by atoms with E-state index in [1.807, 2.05) is 13.8 Å². The molecule has 0 aliphatic carbocycles. The molecule has 0 aliphatic rings. The number of hydrogen-bond acceptors (Lipinski definition) is 2. The Morgan fingerprint density at radius 2 is 1.74 bits per heavy atom. The molecule has 2 atom stereocenters. The normalized spacial score (nSPS) is 13.7. The number of nitrogens with one attached hydrogen (secondary N) is 2. The molecule has 0 saturated carbocycles. The molecule has 1 aromatic rings. The van der Waals surface area contributed by atoms with Crippen molar-refractivity contribution in [3.05, 3.63) is 29.3 Å². The minimum Gasteiger partial charge on any atom is -0.374 e. The highest BCUT2D eigenvalue weighted by atomic mass is 16.2. The maximum absolute atomic E-state index is 12.0. The zero-order valence-electron chi connectivity index (χ0n) is 12.7. The molecule has 0 aliphatic heterocycles. The van der Waals surface area contributed by atoms with Crippen LogP contribution < -0.4 is 10.6 Å². The number of amides is 1. The second-order valence-electron chi connectivity index (χ2n) is 5.44. The molecule has 3 nitrogen and oxygen atoms in total. The van der Waals surface area contributed by atoms with Gasteiger partial charge in [-0.1, -0.05) is 19.4 Å². The molecule has 0 spiro atoms. The van der Waals surface area contributed by atoms with Gasteiger partial charge in [-0.3, -0.25) is 4.79 Å². The van der Waals surface area contributed by atoms with E-state index in [1.165, 1.54) is 11.1 Å². The van der Waals surface area contributed by atoms with Gasteiger partial charge >= 0.3 is 0 Å². The van der Waals surface area contributed by atoms with Crippen molar-refractivity contribution in [3.8, 4) is 0 Å². The van der Waals surface area contributed by atoms with Crippen molar-refractivity contribution in [1.82, 2.24) is 5.32 Å². The number of aryl methyl sites for hydroxylation is 2. The molecule has 0 radical (unpaired) electrons. The summed E-state index contributed by atoms with van der Waals surface area (Å²) in [5.74, 6) is 0.0557. The van der Waals surface area contributed by atoms with Crippen molar-refractivity contribution in [1.29, 1.82) is 0 Å². The largest absolute Gasteiger partial charge is 0.374 e. The molecule has 0 aromatic heterocycles. The molecular weight excluding hydrogens is 236 g/mol. The highest BCUT2D eigenvalue weighted by molar-refractivity contribution is 5.84. The third-order valence-corrected chi connectivity index (χ3v) is 3.11. The summed E-state index contributed by atoms with van der Waals surface area (Å²) in [7, 11) is 0. The van der Waals surface area contributed by atoms with Crippen molar-refractivity contribution >= 4 is 11.6 Å². The van der Waals surface area contributed by atoms with Gasteiger partial charge in [0.1, 0.15) is 6.04 Å². The molecule has 0 heterocycles. The average Bonchev–Trinajstić information content (AvgIpc) is 2.27. The van der Waals surface area contributed by atoms with Crippen LogP contribution in [0.1, 0.15) is 44.7 Å². The predicted molar refractivity (Wildman–Crippen MR) is 81.5 cm³/mol. The van der Waals surface area contributed by atoms with Crippen LogP contribution in [0.3, 0.4) is 0 Å². The first-order chi connectivity index (χ1) is 8.92. The van der Waals surface area contributed by atoms with Gasteiger partial charge in [0.15, 0.2) is 0 Å². The SMILES string of the molecule is CCCC(C)NC(=O)C(C)Nc1cc(C)cc(C)c1. The number of carbonyl (C=O) groups excluding carboxylic acids is 1. The van der Waals surface area contributed by atoms with Gasteiger partial charge in [-0.05, 0) is 57.4 Å². The molecule has 106 valence electrons.